The number of ether oxygens (including phenoxy) is 2. The number of ketones is 2. The molecule has 0 saturated carbocycles. The second kappa shape index (κ2) is 10.8. The fraction of sp³-hybridized carbons (Fsp3) is 0.222. The number of aryl methyl sites for hydroxylation is 1. The molecule has 35 heavy (non-hydrogen) atoms. The molecule has 2 aromatic heterocycles. The summed E-state index contributed by atoms with van der Waals surface area (Å²) in [5, 5.41) is 11.5. The van der Waals surface area contributed by atoms with E-state index in [1.807, 2.05) is 24.4 Å². The van der Waals surface area contributed by atoms with Crippen LogP contribution in [0.2, 0.25) is 0 Å². The molecule has 0 bridgehead atoms. The van der Waals surface area contributed by atoms with Crippen molar-refractivity contribution in [3.8, 4) is 22.8 Å². The maximum Gasteiger partial charge on any atom is 0.181 e. The average Bonchev–Trinajstić information content (AvgIpc) is 3.31. The average molecular weight is 494 g/mol. The molecule has 0 spiro atoms. The van der Waals surface area contributed by atoms with E-state index in [2.05, 4.69) is 4.98 Å². The molecular formula is C27H24FNO5S. The molecule has 8 heteroatoms. The molecule has 0 unspecified atom stereocenters. The van der Waals surface area contributed by atoms with Crippen LogP contribution in [-0.2, 0) is 0 Å². The molecule has 0 saturated heterocycles. The Morgan fingerprint density at radius 2 is 1.86 bits per heavy atom. The molecule has 0 atom stereocenters. The van der Waals surface area contributed by atoms with Gasteiger partial charge >= 0.3 is 0 Å². The molecule has 2 aromatic carbocycles. The Balaban J connectivity index is 1.50. The highest BCUT2D eigenvalue weighted by atomic mass is 32.1. The highest BCUT2D eigenvalue weighted by Crippen LogP contribution is 2.35. The number of aliphatic hydroxyl groups is 1. The number of hydrogen-bond donors (Lipinski definition) is 1. The molecular weight excluding hydrogens is 469 g/mol. The Hall–Kier alpha value is -3.62. The van der Waals surface area contributed by atoms with E-state index in [0.717, 1.165) is 16.5 Å². The first-order valence-corrected chi connectivity index (χ1v) is 11.9. The van der Waals surface area contributed by atoms with Gasteiger partial charge in [0.25, 0.3) is 0 Å². The monoisotopic (exact) mass is 493 g/mol. The molecule has 0 aliphatic rings. The van der Waals surface area contributed by atoms with Gasteiger partial charge in [-0.25, -0.2) is 9.37 Å². The largest absolute Gasteiger partial charge is 0.493 e. The zero-order valence-electron chi connectivity index (χ0n) is 19.3. The number of pyridine rings is 1. The zero-order chi connectivity index (χ0) is 24.9. The van der Waals surface area contributed by atoms with Crippen molar-refractivity contribution in [1.82, 2.24) is 4.98 Å². The minimum Gasteiger partial charge on any atom is -0.493 e. The van der Waals surface area contributed by atoms with Crippen LogP contribution in [-0.4, -0.2) is 42.0 Å². The van der Waals surface area contributed by atoms with Crippen LogP contribution in [0, 0.1) is 12.7 Å². The molecule has 180 valence electrons. The number of carbonyl (C=O) groups is 2. The molecule has 0 amide bonds. The summed E-state index contributed by atoms with van der Waals surface area (Å²) >= 11 is 1.30. The second-order valence-electron chi connectivity index (χ2n) is 7.96. The Bertz CT molecular complexity index is 1400. The fourth-order valence-corrected chi connectivity index (χ4v) is 4.75. The third-order valence-electron chi connectivity index (χ3n) is 5.50. The number of aliphatic hydroxyl groups excluding tert-OH is 1. The maximum absolute atomic E-state index is 14.1. The molecule has 0 fully saturated rings. The minimum atomic E-state index is -0.286. The van der Waals surface area contributed by atoms with Crippen molar-refractivity contribution in [1.29, 1.82) is 0 Å². The lowest BCUT2D eigenvalue weighted by molar-refractivity contribution is 0.0915. The zero-order valence-corrected chi connectivity index (χ0v) is 20.2. The van der Waals surface area contributed by atoms with Gasteiger partial charge in [-0.1, -0.05) is 12.1 Å². The lowest BCUT2D eigenvalue weighted by Crippen LogP contribution is -2.08. The van der Waals surface area contributed by atoms with Crippen LogP contribution < -0.4 is 9.47 Å². The van der Waals surface area contributed by atoms with Crippen LogP contribution in [0.3, 0.4) is 0 Å². The van der Waals surface area contributed by atoms with Crippen molar-refractivity contribution in [2.24, 2.45) is 0 Å². The van der Waals surface area contributed by atoms with Gasteiger partial charge in [-0.3, -0.25) is 9.59 Å². The molecule has 4 aromatic rings. The molecule has 0 aliphatic carbocycles. The van der Waals surface area contributed by atoms with Gasteiger partial charge < -0.3 is 14.6 Å². The van der Waals surface area contributed by atoms with Crippen LogP contribution in [0.15, 0.2) is 53.9 Å². The molecule has 2 heterocycles. The molecule has 4 rings (SSSR count). The van der Waals surface area contributed by atoms with Crippen molar-refractivity contribution >= 4 is 33.0 Å². The van der Waals surface area contributed by atoms with Crippen LogP contribution >= 0.6 is 11.3 Å². The Morgan fingerprint density at radius 3 is 2.63 bits per heavy atom. The van der Waals surface area contributed by atoms with E-state index in [1.165, 1.54) is 24.5 Å². The molecule has 1 N–H and O–H groups in total. The lowest BCUT2D eigenvalue weighted by Gasteiger charge is -2.11. The molecule has 0 radical (unpaired) electrons. The van der Waals surface area contributed by atoms with Crippen molar-refractivity contribution in [3.63, 3.8) is 0 Å². The summed E-state index contributed by atoms with van der Waals surface area (Å²) < 4.78 is 25.3. The van der Waals surface area contributed by atoms with E-state index < -0.39 is 0 Å². The molecule has 0 aliphatic heterocycles. The van der Waals surface area contributed by atoms with Gasteiger partial charge in [0, 0.05) is 34.7 Å². The van der Waals surface area contributed by atoms with Crippen molar-refractivity contribution < 1.29 is 28.6 Å². The van der Waals surface area contributed by atoms with E-state index in [4.69, 9.17) is 14.6 Å². The Morgan fingerprint density at radius 1 is 1.06 bits per heavy atom. The summed E-state index contributed by atoms with van der Waals surface area (Å²) in [5.41, 5.74) is 2.89. The van der Waals surface area contributed by atoms with E-state index in [-0.39, 0.29) is 49.1 Å². The topological polar surface area (TPSA) is 85.7 Å². The summed E-state index contributed by atoms with van der Waals surface area (Å²) in [6, 6.07) is 13.2. The van der Waals surface area contributed by atoms with Crippen LogP contribution in [0.1, 0.15) is 39.3 Å². The number of hydrogen-bond acceptors (Lipinski definition) is 7. The summed E-state index contributed by atoms with van der Waals surface area (Å²) in [6.45, 7) is 1.84. The predicted octanol–water partition coefficient (Wildman–Crippen LogP) is 5.64. The van der Waals surface area contributed by atoms with Gasteiger partial charge in [0.05, 0.1) is 24.1 Å². The minimum absolute atomic E-state index is 0.00117. The maximum atomic E-state index is 14.1. The van der Waals surface area contributed by atoms with Gasteiger partial charge in [-0.05, 0) is 48.9 Å². The third-order valence-corrected chi connectivity index (χ3v) is 6.50. The number of halogens is 1. The van der Waals surface area contributed by atoms with E-state index in [0.29, 0.717) is 27.5 Å². The summed E-state index contributed by atoms with van der Waals surface area (Å²) in [4.78, 5) is 30.2. The number of thiophene rings is 1. The highest BCUT2D eigenvalue weighted by Gasteiger charge is 2.17. The van der Waals surface area contributed by atoms with Gasteiger partial charge in [0.1, 0.15) is 18.1 Å². The summed E-state index contributed by atoms with van der Waals surface area (Å²) in [5.74, 6) is 0.0544. The normalized spacial score (nSPS) is 11.0. The number of methoxy groups -OCH3 is 1. The van der Waals surface area contributed by atoms with Crippen LogP contribution in [0.25, 0.3) is 21.3 Å². The first-order valence-electron chi connectivity index (χ1n) is 11.0. The predicted molar refractivity (Wildman–Crippen MR) is 133 cm³/mol. The number of aromatic nitrogens is 1. The SMILES string of the molecule is COc1cc(C(=O)CCC(=O)c2cc(C)cc(-c3csc4c(F)cccc34)n2)ccc1OCCO. The number of carbonyl (C=O) groups excluding carboxylic acids is 2. The number of rotatable bonds is 10. The smallest absolute Gasteiger partial charge is 0.181 e. The number of Topliss-reactive ketones (excluding diaryl/α,β-unsaturated/α-hetero) is 2. The van der Waals surface area contributed by atoms with Crippen molar-refractivity contribution in [2.75, 3.05) is 20.3 Å². The van der Waals surface area contributed by atoms with E-state index in [1.54, 1.807) is 30.3 Å². The van der Waals surface area contributed by atoms with Gasteiger partial charge in [-0.15, -0.1) is 11.3 Å². The van der Waals surface area contributed by atoms with E-state index in [9.17, 15) is 14.0 Å². The number of nitrogens with zero attached hydrogens (tertiary/aromatic N) is 1. The first kappa shape index (κ1) is 24.5. The van der Waals surface area contributed by atoms with Crippen LogP contribution in [0.4, 0.5) is 4.39 Å². The Kier molecular flexibility index (Phi) is 7.53. The fourth-order valence-electron chi connectivity index (χ4n) is 3.78. The summed E-state index contributed by atoms with van der Waals surface area (Å²) in [7, 11) is 1.46. The molecule has 6 nitrogen and oxygen atoms in total. The van der Waals surface area contributed by atoms with E-state index >= 15 is 0 Å². The second-order valence-corrected chi connectivity index (χ2v) is 8.84. The van der Waals surface area contributed by atoms with Gasteiger partial charge in [-0.2, -0.15) is 0 Å². The first-order chi connectivity index (χ1) is 16.9. The highest BCUT2D eigenvalue weighted by molar-refractivity contribution is 7.17. The summed E-state index contributed by atoms with van der Waals surface area (Å²) in [6.07, 6.45) is 0.00913. The number of benzene rings is 2. The van der Waals surface area contributed by atoms with Crippen molar-refractivity contribution in [3.05, 3.63) is 76.5 Å². The van der Waals surface area contributed by atoms with Crippen molar-refractivity contribution in [2.45, 2.75) is 19.8 Å². The number of fused-ring (bicyclic) bond motifs is 1. The quantitative estimate of drug-likeness (QED) is 0.288. The third kappa shape index (κ3) is 5.39. The Labute approximate surface area is 206 Å². The van der Waals surface area contributed by atoms with Gasteiger partial charge in [0.15, 0.2) is 23.1 Å². The standard InChI is InChI=1S/C27H24FNO5S/c1-16-12-21(19-15-35-27-18(19)4-3-5-20(27)28)29-22(13-16)24(32)8-7-23(31)17-6-9-25(34-11-10-30)26(14-17)33-2/h3-6,9,12-15,30H,7-8,10-11H2,1-2H3. The van der Waals surface area contributed by atoms with Crippen LogP contribution in [0.5, 0.6) is 11.5 Å². The van der Waals surface area contributed by atoms with Gasteiger partial charge in [0.2, 0.25) is 0 Å². The lowest BCUT2D eigenvalue weighted by atomic mass is 10.0.